The van der Waals surface area contributed by atoms with Gasteiger partial charge in [0, 0.05) is 24.4 Å². The highest BCUT2D eigenvalue weighted by Crippen LogP contribution is 2.35. The molecule has 2 heterocycles. The Morgan fingerprint density at radius 1 is 1.57 bits per heavy atom. The zero-order valence-corrected chi connectivity index (χ0v) is 8.87. The quantitative estimate of drug-likeness (QED) is 0.669. The van der Waals surface area contributed by atoms with Gasteiger partial charge in [0.05, 0.1) is 11.9 Å². The van der Waals surface area contributed by atoms with E-state index in [0.29, 0.717) is 6.61 Å². The summed E-state index contributed by atoms with van der Waals surface area (Å²) < 4.78 is 5.73. The van der Waals surface area contributed by atoms with E-state index in [4.69, 9.17) is 16.3 Å². The summed E-state index contributed by atoms with van der Waals surface area (Å²) in [6.45, 7) is 2.72. The highest BCUT2D eigenvalue weighted by atomic mass is 35.5. The first-order valence-electron chi connectivity index (χ1n) is 4.75. The van der Waals surface area contributed by atoms with Crippen molar-refractivity contribution in [2.45, 2.75) is 30.7 Å². The predicted octanol–water partition coefficient (Wildman–Crippen LogP) is 2.11. The van der Waals surface area contributed by atoms with Crippen LogP contribution in [0.1, 0.15) is 25.5 Å². The number of hydrogen-bond donors (Lipinski definition) is 0. The molecular weight excluding hydrogens is 200 g/mol. The molecule has 14 heavy (non-hydrogen) atoms. The lowest BCUT2D eigenvalue weighted by atomic mass is 9.92. The summed E-state index contributed by atoms with van der Waals surface area (Å²) in [5, 5.41) is 0.177. The number of rotatable bonds is 1. The third-order valence-electron chi connectivity index (χ3n) is 2.57. The lowest BCUT2D eigenvalue weighted by Gasteiger charge is -2.35. The van der Waals surface area contributed by atoms with E-state index < -0.39 is 0 Å². The van der Waals surface area contributed by atoms with Gasteiger partial charge in [-0.1, -0.05) is 0 Å². The minimum Gasteiger partial charge on any atom is -0.369 e. The third kappa shape index (κ3) is 1.88. The van der Waals surface area contributed by atoms with Crippen molar-refractivity contribution in [1.29, 1.82) is 0 Å². The molecule has 2 unspecified atom stereocenters. The van der Waals surface area contributed by atoms with Gasteiger partial charge in [-0.25, -0.2) is 0 Å². The van der Waals surface area contributed by atoms with Gasteiger partial charge in [0.15, 0.2) is 0 Å². The van der Waals surface area contributed by atoms with Gasteiger partial charge >= 0.3 is 0 Å². The minimum absolute atomic E-state index is 0.177. The van der Waals surface area contributed by atoms with Crippen molar-refractivity contribution in [3.05, 3.63) is 24.3 Å². The lowest BCUT2D eigenvalue weighted by molar-refractivity contribution is -0.0714. The second kappa shape index (κ2) is 3.83. The maximum Gasteiger partial charge on any atom is 0.110 e. The van der Waals surface area contributed by atoms with Gasteiger partial charge in [-0.3, -0.25) is 9.97 Å². The van der Waals surface area contributed by atoms with Crippen LogP contribution in [0.4, 0.5) is 0 Å². The zero-order chi connectivity index (χ0) is 10.0. The van der Waals surface area contributed by atoms with Gasteiger partial charge in [-0.05, 0) is 19.8 Å². The molecule has 0 bridgehead atoms. The second-order valence-electron chi connectivity index (χ2n) is 3.76. The first-order chi connectivity index (χ1) is 6.71. The number of halogens is 1. The van der Waals surface area contributed by atoms with Crippen molar-refractivity contribution in [3.8, 4) is 0 Å². The largest absolute Gasteiger partial charge is 0.369 e. The van der Waals surface area contributed by atoms with Crippen molar-refractivity contribution in [2.75, 3.05) is 6.61 Å². The molecule has 0 spiro atoms. The third-order valence-corrected chi connectivity index (χ3v) is 2.94. The van der Waals surface area contributed by atoms with Gasteiger partial charge in [-0.15, -0.1) is 11.6 Å². The first-order valence-corrected chi connectivity index (χ1v) is 5.19. The minimum atomic E-state index is -0.362. The topological polar surface area (TPSA) is 35.0 Å². The van der Waals surface area contributed by atoms with Crippen LogP contribution in [0, 0.1) is 0 Å². The van der Waals surface area contributed by atoms with E-state index in [1.165, 1.54) is 0 Å². The highest BCUT2D eigenvalue weighted by molar-refractivity contribution is 6.20. The summed E-state index contributed by atoms with van der Waals surface area (Å²) >= 11 is 6.12. The van der Waals surface area contributed by atoms with Gasteiger partial charge in [0.2, 0.25) is 0 Å². The maximum atomic E-state index is 6.12. The fraction of sp³-hybridized carbons (Fsp3) is 0.600. The van der Waals surface area contributed by atoms with Crippen molar-refractivity contribution in [2.24, 2.45) is 0 Å². The van der Waals surface area contributed by atoms with Crippen LogP contribution < -0.4 is 0 Å². The number of aromatic nitrogens is 2. The van der Waals surface area contributed by atoms with E-state index >= 15 is 0 Å². The number of ether oxygens (including phenoxy) is 1. The molecule has 2 atom stereocenters. The maximum absolute atomic E-state index is 6.12. The second-order valence-corrected chi connectivity index (χ2v) is 4.38. The van der Waals surface area contributed by atoms with Gasteiger partial charge in [0.1, 0.15) is 5.60 Å². The van der Waals surface area contributed by atoms with E-state index in [-0.39, 0.29) is 11.0 Å². The van der Waals surface area contributed by atoms with Crippen LogP contribution in [0.25, 0.3) is 0 Å². The zero-order valence-electron chi connectivity index (χ0n) is 8.11. The Bertz CT molecular complexity index is 306. The predicted molar refractivity (Wildman–Crippen MR) is 54.2 cm³/mol. The van der Waals surface area contributed by atoms with Crippen LogP contribution in [0.2, 0.25) is 0 Å². The molecule has 3 nitrogen and oxygen atoms in total. The molecule has 1 aliphatic rings. The highest BCUT2D eigenvalue weighted by Gasteiger charge is 2.35. The van der Waals surface area contributed by atoms with Crippen LogP contribution in [0.3, 0.4) is 0 Å². The summed E-state index contributed by atoms with van der Waals surface area (Å²) in [6.07, 6.45) is 6.80. The molecule has 0 amide bonds. The molecule has 0 radical (unpaired) electrons. The Morgan fingerprint density at radius 2 is 2.43 bits per heavy atom. The number of hydrogen-bond acceptors (Lipinski definition) is 3. The van der Waals surface area contributed by atoms with Crippen molar-refractivity contribution in [3.63, 3.8) is 0 Å². The molecule has 1 aromatic heterocycles. The molecule has 1 saturated heterocycles. The summed E-state index contributed by atoms with van der Waals surface area (Å²) in [5.41, 5.74) is 0.504. The molecular formula is C10H13ClN2O. The molecule has 0 N–H and O–H groups in total. The van der Waals surface area contributed by atoms with E-state index in [1.807, 2.05) is 6.92 Å². The molecule has 2 rings (SSSR count). The summed E-state index contributed by atoms with van der Waals surface area (Å²) in [6, 6.07) is 0. The van der Waals surface area contributed by atoms with E-state index in [0.717, 1.165) is 18.5 Å². The number of nitrogens with zero attached hydrogens (tertiary/aromatic N) is 2. The molecule has 1 fully saturated rings. The van der Waals surface area contributed by atoms with E-state index in [1.54, 1.807) is 18.6 Å². The Hall–Kier alpha value is -0.670. The molecule has 76 valence electrons. The molecule has 0 aromatic carbocycles. The van der Waals surface area contributed by atoms with Gasteiger partial charge in [0.25, 0.3) is 0 Å². The molecule has 1 aromatic rings. The smallest absolute Gasteiger partial charge is 0.110 e. The van der Waals surface area contributed by atoms with Gasteiger partial charge in [-0.2, -0.15) is 0 Å². The average molecular weight is 213 g/mol. The molecule has 0 aliphatic carbocycles. The monoisotopic (exact) mass is 212 g/mol. The fourth-order valence-electron chi connectivity index (χ4n) is 1.75. The van der Waals surface area contributed by atoms with Crippen LogP contribution in [0.15, 0.2) is 18.6 Å². The van der Waals surface area contributed by atoms with Crippen LogP contribution >= 0.6 is 11.6 Å². The standard InChI is InChI=1S/C10H13ClN2O/c1-10(6-8(11)2-5-14-10)9-7-12-3-4-13-9/h3-4,7-8H,2,5-6H2,1H3. The average Bonchev–Trinajstić information content (AvgIpc) is 2.19. The first kappa shape index (κ1) is 9.87. The Labute approximate surface area is 88.5 Å². The Kier molecular flexibility index (Phi) is 2.70. The number of alkyl halides is 1. The lowest BCUT2D eigenvalue weighted by Crippen LogP contribution is -2.35. The van der Waals surface area contributed by atoms with Crippen molar-refractivity contribution >= 4 is 11.6 Å². The SMILES string of the molecule is CC1(c2cnccn2)CC(Cl)CCO1. The van der Waals surface area contributed by atoms with Crippen LogP contribution in [0.5, 0.6) is 0 Å². The van der Waals surface area contributed by atoms with Gasteiger partial charge < -0.3 is 4.74 Å². The molecule has 0 saturated carbocycles. The summed E-state index contributed by atoms with van der Waals surface area (Å²) in [7, 11) is 0. The molecule has 1 aliphatic heterocycles. The normalized spacial score (nSPS) is 32.9. The molecule has 4 heteroatoms. The Morgan fingerprint density at radius 3 is 3.07 bits per heavy atom. The van der Waals surface area contributed by atoms with Crippen LogP contribution in [-0.4, -0.2) is 22.0 Å². The Balaban J connectivity index is 2.23. The summed E-state index contributed by atoms with van der Waals surface area (Å²) in [4.78, 5) is 8.31. The van der Waals surface area contributed by atoms with Crippen LogP contribution in [-0.2, 0) is 10.3 Å². The fourth-order valence-corrected chi connectivity index (χ4v) is 2.13. The summed E-state index contributed by atoms with van der Waals surface area (Å²) in [5.74, 6) is 0. The van der Waals surface area contributed by atoms with Crippen molar-refractivity contribution in [1.82, 2.24) is 9.97 Å². The van der Waals surface area contributed by atoms with E-state index in [2.05, 4.69) is 9.97 Å². The van der Waals surface area contributed by atoms with Crippen molar-refractivity contribution < 1.29 is 4.74 Å². The van der Waals surface area contributed by atoms with E-state index in [9.17, 15) is 0 Å².